The van der Waals surface area contributed by atoms with Gasteiger partial charge in [-0.25, -0.2) is 0 Å². The van der Waals surface area contributed by atoms with Crippen LogP contribution >= 0.6 is 0 Å². The molecule has 1 amide bonds. The highest BCUT2D eigenvalue weighted by Crippen LogP contribution is 2.41. The maximum atomic E-state index is 11.2. The predicted octanol–water partition coefficient (Wildman–Crippen LogP) is 1.58. The first-order valence-corrected chi connectivity index (χ1v) is 7.52. The van der Waals surface area contributed by atoms with Gasteiger partial charge in [0.2, 0.25) is 5.91 Å². The van der Waals surface area contributed by atoms with E-state index >= 15 is 0 Å². The van der Waals surface area contributed by atoms with Crippen LogP contribution < -0.4 is 11.5 Å². The van der Waals surface area contributed by atoms with Crippen LogP contribution in [0.5, 0.6) is 0 Å². The van der Waals surface area contributed by atoms with Gasteiger partial charge in [-0.15, -0.1) is 0 Å². The topological polar surface area (TPSA) is 72.3 Å². The van der Waals surface area contributed by atoms with Gasteiger partial charge in [0.15, 0.2) is 0 Å². The molecule has 0 aromatic heterocycles. The van der Waals surface area contributed by atoms with Gasteiger partial charge < -0.3 is 11.5 Å². The number of likely N-dealkylation sites (N-methyl/N-ethyl adjacent to an activating group) is 1. The molecule has 112 valence electrons. The number of hydrogen-bond acceptors (Lipinski definition) is 3. The summed E-state index contributed by atoms with van der Waals surface area (Å²) >= 11 is 0. The van der Waals surface area contributed by atoms with Crippen LogP contribution in [0.4, 0.5) is 0 Å². The molecule has 1 rings (SSSR count). The van der Waals surface area contributed by atoms with Crippen molar-refractivity contribution in [2.45, 2.75) is 53.0 Å². The lowest BCUT2D eigenvalue weighted by Crippen LogP contribution is -2.50. The van der Waals surface area contributed by atoms with E-state index in [9.17, 15) is 4.79 Å². The fraction of sp³-hybridized carbons (Fsp3) is 0.933. The molecule has 3 atom stereocenters. The molecule has 3 unspecified atom stereocenters. The van der Waals surface area contributed by atoms with Crippen molar-refractivity contribution in [3.63, 3.8) is 0 Å². The van der Waals surface area contributed by atoms with E-state index in [0.29, 0.717) is 36.4 Å². The highest BCUT2D eigenvalue weighted by molar-refractivity contribution is 5.75. The third kappa shape index (κ3) is 4.46. The van der Waals surface area contributed by atoms with Gasteiger partial charge in [0, 0.05) is 6.04 Å². The first kappa shape index (κ1) is 16.4. The summed E-state index contributed by atoms with van der Waals surface area (Å²) in [5.41, 5.74) is 11.6. The van der Waals surface area contributed by atoms with E-state index in [1.807, 2.05) is 0 Å². The molecule has 4 heteroatoms. The lowest BCUT2D eigenvalue weighted by atomic mass is 9.67. The normalized spacial score (nSPS) is 28.6. The van der Waals surface area contributed by atoms with Crippen molar-refractivity contribution in [2.24, 2.45) is 28.7 Å². The van der Waals surface area contributed by atoms with Crippen molar-refractivity contribution in [1.29, 1.82) is 0 Å². The summed E-state index contributed by atoms with van der Waals surface area (Å²) < 4.78 is 0. The molecule has 1 saturated carbocycles. The van der Waals surface area contributed by atoms with Crippen LogP contribution in [0.3, 0.4) is 0 Å². The standard InChI is InChI=1S/C15H31N3O/c1-5-18(10-14(17)19)13-8-12(15(2,3)4)7-6-11(13)9-16/h11-13H,5-10,16H2,1-4H3,(H2,17,19). The Labute approximate surface area is 117 Å². The summed E-state index contributed by atoms with van der Waals surface area (Å²) in [5.74, 6) is 0.954. The van der Waals surface area contributed by atoms with Crippen molar-refractivity contribution in [3.05, 3.63) is 0 Å². The minimum atomic E-state index is -0.240. The molecular formula is C15H31N3O. The maximum absolute atomic E-state index is 11.2. The largest absolute Gasteiger partial charge is 0.369 e. The van der Waals surface area contributed by atoms with Crippen LogP contribution in [-0.2, 0) is 4.79 Å². The number of carbonyl (C=O) groups is 1. The average molecular weight is 269 g/mol. The molecule has 19 heavy (non-hydrogen) atoms. The van der Waals surface area contributed by atoms with Crippen molar-refractivity contribution in [2.75, 3.05) is 19.6 Å². The number of primary amides is 1. The number of nitrogens with zero attached hydrogens (tertiary/aromatic N) is 1. The number of carbonyl (C=O) groups excluding carboxylic acids is 1. The molecule has 1 aliphatic carbocycles. The van der Waals surface area contributed by atoms with E-state index in [-0.39, 0.29) is 5.91 Å². The van der Waals surface area contributed by atoms with Gasteiger partial charge in [-0.2, -0.15) is 0 Å². The Balaban J connectivity index is 2.81. The number of amides is 1. The van der Waals surface area contributed by atoms with E-state index in [0.717, 1.165) is 13.0 Å². The van der Waals surface area contributed by atoms with Crippen molar-refractivity contribution < 1.29 is 4.79 Å². The zero-order valence-electron chi connectivity index (χ0n) is 13.0. The summed E-state index contributed by atoms with van der Waals surface area (Å²) in [4.78, 5) is 13.5. The van der Waals surface area contributed by atoms with Gasteiger partial charge in [0.05, 0.1) is 6.54 Å². The summed E-state index contributed by atoms with van der Waals surface area (Å²) in [6, 6.07) is 0.403. The van der Waals surface area contributed by atoms with Crippen molar-refractivity contribution in [3.8, 4) is 0 Å². The molecule has 4 nitrogen and oxygen atoms in total. The molecule has 0 aromatic rings. The van der Waals surface area contributed by atoms with Crippen LogP contribution in [0, 0.1) is 17.3 Å². The number of rotatable bonds is 5. The summed E-state index contributed by atoms with van der Waals surface area (Å²) in [7, 11) is 0. The second-order valence-electron chi connectivity index (χ2n) is 6.97. The minimum absolute atomic E-state index is 0.240. The molecule has 1 aliphatic rings. The van der Waals surface area contributed by atoms with E-state index in [1.165, 1.54) is 12.8 Å². The third-order valence-electron chi connectivity index (χ3n) is 4.72. The number of nitrogens with two attached hydrogens (primary N) is 2. The quantitative estimate of drug-likeness (QED) is 0.796. The van der Waals surface area contributed by atoms with Crippen LogP contribution in [0.2, 0.25) is 0 Å². The second-order valence-corrected chi connectivity index (χ2v) is 6.97. The Hall–Kier alpha value is -0.610. The molecule has 0 radical (unpaired) electrons. The zero-order valence-corrected chi connectivity index (χ0v) is 13.0. The smallest absolute Gasteiger partial charge is 0.231 e. The van der Waals surface area contributed by atoms with Crippen LogP contribution in [0.25, 0.3) is 0 Å². The molecule has 1 fully saturated rings. The van der Waals surface area contributed by atoms with Crippen molar-refractivity contribution >= 4 is 5.91 Å². The Morgan fingerprint density at radius 3 is 2.37 bits per heavy atom. The minimum Gasteiger partial charge on any atom is -0.369 e. The van der Waals surface area contributed by atoms with Crippen molar-refractivity contribution in [1.82, 2.24) is 4.90 Å². The number of hydrogen-bond donors (Lipinski definition) is 2. The molecule has 0 saturated heterocycles. The van der Waals surface area contributed by atoms with Crippen LogP contribution in [0.1, 0.15) is 47.0 Å². The van der Waals surface area contributed by atoms with E-state index in [2.05, 4.69) is 32.6 Å². The Kier molecular flexibility index (Phi) is 5.81. The summed E-state index contributed by atoms with van der Waals surface area (Å²) in [6.45, 7) is 10.9. The first-order chi connectivity index (χ1) is 8.79. The molecular weight excluding hydrogens is 238 g/mol. The van der Waals surface area contributed by atoms with E-state index < -0.39 is 0 Å². The molecule has 4 N–H and O–H groups in total. The lowest BCUT2D eigenvalue weighted by molar-refractivity contribution is -0.120. The fourth-order valence-electron chi connectivity index (χ4n) is 3.38. The Morgan fingerprint density at radius 2 is 1.95 bits per heavy atom. The van der Waals surface area contributed by atoms with Gasteiger partial charge in [-0.3, -0.25) is 9.69 Å². The SMILES string of the molecule is CCN(CC(N)=O)C1CC(C(C)(C)C)CCC1CN. The summed E-state index contributed by atoms with van der Waals surface area (Å²) in [5, 5.41) is 0. The molecule has 0 bridgehead atoms. The first-order valence-electron chi connectivity index (χ1n) is 7.52. The van der Waals surface area contributed by atoms with Gasteiger partial charge >= 0.3 is 0 Å². The maximum Gasteiger partial charge on any atom is 0.231 e. The van der Waals surface area contributed by atoms with E-state index in [1.54, 1.807) is 0 Å². The summed E-state index contributed by atoms with van der Waals surface area (Å²) in [6.07, 6.45) is 3.54. The highest BCUT2D eigenvalue weighted by Gasteiger charge is 2.37. The van der Waals surface area contributed by atoms with Crippen LogP contribution in [0.15, 0.2) is 0 Å². The average Bonchev–Trinajstić information content (AvgIpc) is 2.33. The highest BCUT2D eigenvalue weighted by atomic mass is 16.1. The predicted molar refractivity (Wildman–Crippen MR) is 79.6 cm³/mol. The fourth-order valence-corrected chi connectivity index (χ4v) is 3.38. The zero-order chi connectivity index (χ0) is 14.6. The molecule has 0 heterocycles. The molecule has 0 spiro atoms. The second kappa shape index (κ2) is 6.71. The van der Waals surface area contributed by atoms with E-state index in [4.69, 9.17) is 11.5 Å². The van der Waals surface area contributed by atoms with Gasteiger partial charge in [-0.05, 0) is 49.6 Å². The van der Waals surface area contributed by atoms with Crippen LogP contribution in [-0.4, -0.2) is 36.5 Å². The lowest BCUT2D eigenvalue weighted by Gasteiger charge is -2.45. The third-order valence-corrected chi connectivity index (χ3v) is 4.72. The van der Waals surface area contributed by atoms with Gasteiger partial charge in [0.25, 0.3) is 0 Å². The Morgan fingerprint density at radius 1 is 1.32 bits per heavy atom. The Bertz CT molecular complexity index is 298. The van der Waals surface area contributed by atoms with Gasteiger partial charge in [-0.1, -0.05) is 27.7 Å². The van der Waals surface area contributed by atoms with Gasteiger partial charge in [0.1, 0.15) is 0 Å². The molecule has 0 aromatic carbocycles. The molecule has 0 aliphatic heterocycles. The monoisotopic (exact) mass is 269 g/mol.